The summed E-state index contributed by atoms with van der Waals surface area (Å²) in [7, 11) is 0. The number of anilines is 1. The third-order valence-electron chi connectivity index (χ3n) is 3.52. The fraction of sp³-hybridized carbons (Fsp3) is 0.500. The molecule has 1 fully saturated rings. The van der Waals surface area contributed by atoms with Crippen molar-refractivity contribution in [2.45, 2.75) is 32.2 Å². The number of carbonyl (C=O) groups excluding carboxylic acids is 1. The van der Waals surface area contributed by atoms with E-state index in [1.54, 1.807) is 6.07 Å². The van der Waals surface area contributed by atoms with E-state index in [-0.39, 0.29) is 12.1 Å². The molecule has 1 atom stereocenters. The number of hydrogen-bond donors (Lipinski definition) is 2. The molecule has 5 heteroatoms. The van der Waals surface area contributed by atoms with E-state index >= 15 is 0 Å². The zero-order valence-electron chi connectivity index (χ0n) is 11.2. The first-order valence-corrected chi connectivity index (χ1v) is 7.03. The molecule has 1 aromatic carbocycles. The molecule has 1 heterocycles. The summed E-state index contributed by atoms with van der Waals surface area (Å²) in [6.45, 7) is 3.24. The molecule has 3 N–H and O–H groups in total. The Balaban J connectivity index is 2.09. The van der Waals surface area contributed by atoms with Crippen molar-refractivity contribution >= 4 is 23.3 Å². The van der Waals surface area contributed by atoms with Crippen molar-refractivity contribution in [1.82, 2.24) is 4.90 Å². The molecule has 1 aromatic rings. The Morgan fingerprint density at radius 2 is 2.32 bits per heavy atom. The summed E-state index contributed by atoms with van der Waals surface area (Å²) in [6, 6.07) is 5.62. The summed E-state index contributed by atoms with van der Waals surface area (Å²) in [5.41, 5.74) is 7.45. The smallest absolute Gasteiger partial charge is 0.322 e. The van der Waals surface area contributed by atoms with Gasteiger partial charge in [-0.05, 0) is 43.9 Å². The minimum Gasteiger partial charge on any atom is -0.328 e. The second kappa shape index (κ2) is 6.26. The monoisotopic (exact) mass is 281 g/mol. The second-order valence-corrected chi connectivity index (χ2v) is 5.40. The number of likely N-dealkylation sites (tertiary alicyclic amines) is 1. The highest BCUT2D eigenvalue weighted by Crippen LogP contribution is 2.24. The highest BCUT2D eigenvalue weighted by Gasteiger charge is 2.25. The second-order valence-electron chi connectivity index (χ2n) is 4.99. The van der Waals surface area contributed by atoms with Crippen LogP contribution in [0.15, 0.2) is 18.2 Å². The highest BCUT2D eigenvalue weighted by molar-refractivity contribution is 6.33. The molecule has 4 nitrogen and oxygen atoms in total. The minimum absolute atomic E-state index is 0.109. The van der Waals surface area contributed by atoms with E-state index in [9.17, 15) is 4.79 Å². The average molecular weight is 282 g/mol. The largest absolute Gasteiger partial charge is 0.328 e. The number of nitrogens with two attached hydrogens (primary N) is 1. The van der Waals surface area contributed by atoms with Crippen LogP contribution in [0.5, 0.6) is 0 Å². The van der Waals surface area contributed by atoms with Crippen molar-refractivity contribution in [2.24, 2.45) is 5.73 Å². The minimum atomic E-state index is -0.109. The Kier molecular flexibility index (Phi) is 4.66. The number of halogens is 1. The molecule has 19 heavy (non-hydrogen) atoms. The van der Waals surface area contributed by atoms with E-state index in [0.717, 1.165) is 31.4 Å². The average Bonchev–Trinajstić information content (AvgIpc) is 2.42. The maximum absolute atomic E-state index is 12.3. The first kappa shape index (κ1) is 14.2. The number of nitrogens with zero attached hydrogens (tertiary/aromatic N) is 1. The number of benzene rings is 1. The third kappa shape index (κ3) is 3.39. The van der Waals surface area contributed by atoms with Crippen LogP contribution >= 0.6 is 11.6 Å². The molecule has 0 aliphatic carbocycles. The molecular weight excluding hydrogens is 262 g/mol. The summed E-state index contributed by atoms with van der Waals surface area (Å²) in [5, 5.41) is 3.44. The van der Waals surface area contributed by atoms with Crippen LogP contribution in [0, 0.1) is 6.92 Å². The van der Waals surface area contributed by atoms with Gasteiger partial charge in [-0.15, -0.1) is 0 Å². The van der Waals surface area contributed by atoms with Crippen molar-refractivity contribution in [1.29, 1.82) is 0 Å². The van der Waals surface area contributed by atoms with Crippen LogP contribution in [0.3, 0.4) is 0 Å². The lowest BCUT2D eigenvalue weighted by Crippen LogP contribution is -2.49. The van der Waals surface area contributed by atoms with Gasteiger partial charge in [0.15, 0.2) is 0 Å². The summed E-state index contributed by atoms with van der Waals surface area (Å²) in [5.74, 6) is 0. The van der Waals surface area contributed by atoms with Crippen LogP contribution in [0.1, 0.15) is 24.8 Å². The van der Waals surface area contributed by atoms with Crippen LogP contribution in [-0.4, -0.2) is 30.1 Å². The summed E-state index contributed by atoms with van der Waals surface area (Å²) < 4.78 is 0. The van der Waals surface area contributed by atoms with Gasteiger partial charge in [0.2, 0.25) is 0 Å². The molecule has 0 saturated carbocycles. The molecule has 104 valence electrons. The van der Waals surface area contributed by atoms with Gasteiger partial charge >= 0.3 is 6.03 Å². The van der Waals surface area contributed by atoms with Crippen molar-refractivity contribution in [3.63, 3.8) is 0 Å². The normalized spacial score (nSPS) is 19.3. The zero-order chi connectivity index (χ0) is 13.8. The number of carbonyl (C=O) groups is 1. The standard InChI is InChI=1S/C14H20ClN3O/c1-10-5-6-12(15)13(8-10)17-14(19)18-7-3-2-4-11(18)9-16/h5-6,8,11H,2-4,7,9,16H2,1H3,(H,17,19)/t11-/m1/s1. The fourth-order valence-corrected chi connectivity index (χ4v) is 2.60. The van der Waals surface area contributed by atoms with Crippen LogP contribution in [0.2, 0.25) is 5.02 Å². The summed E-state index contributed by atoms with van der Waals surface area (Å²) in [6.07, 6.45) is 3.15. The van der Waals surface area contributed by atoms with Crippen LogP contribution < -0.4 is 11.1 Å². The Morgan fingerprint density at radius 3 is 3.05 bits per heavy atom. The van der Waals surface area contributed by atoms with Crippen molar-refractivity contribution < 1.29 is 4.79 Å². The summed E-state index contributed by atoms with van der Waals surface area (Å²) in [4.78, 5) is 14.1. The Hall–Kier alpha value is -1.26. The van der Waals surface area contributed by atoms with Gasteiger partial charge in [-0.25, -0.2) is 4.79 Å². The van der Waals surface area contributed by atoms with Crippen molar-refractivity contribution in [3.8, 4) is 0 Å². The van der Waals surface area contributed by atoms with E-state index in [1.165, 1.54) is 0 Å². The molecule has 1 saturated heterocycles. The van der Waals surface area contributed by atoms with Gasteiger partial charge in [0.05, 0.1) is 10.7 Å². The van der Waals surface area contributed by atoms with Gasteiger partial charge < -0.3 is 16.0 Å². The zero-order valence-corrected chi connectivity index (χ0v) is 11.9. The van der Waals surface area contributed by atoms with Gasteiger partial charge in [0.25, 0.3) is 0 Å². The third-order valence-corrected chi connectivity index (χ3v) is 3.85. The quantitative estimate of drug-likeness (QED) is 0.875. The molecule has 0 aromatic heterocycles. The SMILES string of the molecule is Cc1ccc(Cl)c(NC(=O)N2CCCC[C@@H]2CN)c1. The molecule has 2 amide bonds. The molecule has 2 rings (SSSR count). The van der Waals surface area contributed by atoms with E-state index in [1.807, 2.05) is 24.0 Å². The van der Waals surface area contributed by atoms with E-state index in [2.05, 4.69) is 5.32 Å². The molecule has 0 spiro atoms. The predicted molar refractivity (Wildman–Crippen MR) is 78.6 cm³/mol. The van der Waals surface area contributed by atoms with Gasteiger partial charge in [-0.2, -0.15) is 0 Å². The van der Waals surface area contributed by atoms with Gasteiger partial charge in [0, 0.05) is 19.1 Å². The lowest BCUT2D eigenvalue weighted by molar-refractivity contribution is 0.166. The Morgan fingerprint density at radius 1 is 1.53 bits per heavy atom. The lowest BCUT2D eigenvalue weighted by atomic mass is 10.0. The number of amides is 2. The number of piperidine rings is 1. The molecule has 0 radical (unpaired) electrons. The molecular formula is C14H20ClN3O. The van der Waals surface area contributed by atoms with Crippen LogP contribution in [-0.2, 0) is 0 Å². The van der Waals surface area contributed by atoms with Crippen molar-refractivity contribution in [2.75, 3.05) is 18.4 Å². The first-order chi connectivity index (χ1) is 9.11. The maximum Gasteiger partial charge on any atom is 0.322 e. The number of aryl methyl sites for hydroxylation is 1. The van der Waals surface area contributed by atoms with Gasteiger partial charge in [-0.3, -0.25) is 0 Å². The van der Waals surface area contributed by atoms with Gasteiger partial charge in [-0.1, -0.05) is 17.7 Å². The number of nitrogens with one attached hydrogen (secondary N) is 1. The summed E-state index contributed by atoms with van der Waals surface area (Å²) >= 11 is 6.09. The Labute approximate surface area is 118 Å². The van der Waals surface area contributed by atoms with E-state index < -0.39 is 0 Å². The number of hydrogen-bond acceptors (Lipinski definition) is 2. The van der Waals surface area contributed by atoms with Crippen LogP contribution in [0.4, 0.5) is 10.5 Å². The number of rotatable bonds is 2. The lowest BCUT2D eigenvalue weighted by Gasteiger charge is -2.35. The van der Waals surface area contributed by atoms with E-state index in [4.69, 9.17) is 17.3 Å². The van der Waals surface area contributed by atoms with Crippen LogP contribution in [0.25, 0.3) is 0 Å². The molecule has 0 unspecified atom stereocenters. The fourth-order valence-electron chi connectivity index (χ4n) is 2.43. The van der Waals surface area contributed by atoms with E-state index in [0.29, 0.717) is 17.3 Å². The van der Waals surface area contributed by atoms with Gasteiger partial charge in [0.1, 0.15) is 0 Å². The first-order valence-electron chi connectivity index (χ1n) is 6.65. The number of urea groups is 1. The topological polar surface area (TPSA) is 58.4 Å². The molecule has 1 aliphatic heterocycles. The molecule has 0 bridgehead atoms. The Bertz CT molecular complexity index is 464. The van der Waals surface area contributed by atoms with Crippen molar-refractivity contribution in [3.05, 3.63) is 28.8 Å². The predicted octanol–water partition coefficient (Wildman–Crippen LogP) is 2.99. The molecule has 1 aliphatic rings. The highest BCUT2D eigenvalue weighted by atomic mass is 35.5. The maximum atomic E-state index is 12.3.